The van der Waals surface area contributed by atoms with Crippen LogP contribution in [0.1, 0.15) is 6.92 Å². The van der Waals surface area contributed by atoms with Gasteiger partial charge in [-0.3, -0.25) is 4.79 Å². The number of aliphatic carboxylic acids is 1. The van der Waals surface area contributed by atoms with Gasteiger partial charge in [0.05, 0.1) is 0 Å². The Bertz CT molecular complexity index is 130. The van der Waals surface area contributed by atoms with Crippen molar-refractivity contribution in [2.75, 3.05) is 0 Å². The molecule has 0 heterocycles. The lowest BCUT2D eigenvalue weighted by molar-refractivity contribution is -0.139. The summed E-state index contributed by atoms with van der Waals surface area (Å²) in [5.41, 5.74) is 5.20. The largest absolute Gasteiger partial charge is 0.480 e. The van der Waals surface area contributed by atoms with Gasteiger partial charge in [0.25, 0.3) is 0 Å². The SMILES string of the molecule is C=CC(C)[C@H](N)C(=O)O.S.S. The van der Waals surface area contributed by atoms with Crippen LogP contribution in [0.25, 0.3) is 0 Å². The average molecular weight is 197 g/mol. The summed E-state index contributed by atoms with van der Waals surface area (Å²) >= 11 is 0. The quantitative estimate of drug-likeness (QED) is 0.646. The van der Waals surface area contributed by atoms with Crippen LogP contribution in [0.15, 0.2) is 12.7 Å². The summed E-state index contributed by atoms with van der Waals surface area (Å²) in [6.07, 6.45) is 1.53. The number of rotatable bonds is 3. The van der Waals surface area contributed by atoms with Gasteiger partial charge in [0.15, 0.2) is 0 Å². The van der Waals surface area contributed by atoms with Crippen molar-refractivity contribution in [3.8, 4) is 0 Å². The summed E-state index contributed by atoms with van der Waals surface area (Å²) in [6, 6.07) is -0.817. The summed E-state index contributed by atoms with van der Waals surface area (Å²) in [7, 11) is 0. The van der Waals surface area contributed by atoms with Gasteiger partial charge in [-0.25, -0.2) is 0 Å². The van der Waals surface area contributed by atoms with Gasteiger partial charge in [-0.05, 0) is 5.92 Å². The highest BCUT2D eigenvalue weighted by atomic mass is 32.1. The first-order chi connectivity index (χ1) is 4.09. The van der Waals surface area contributed by atoms with Crippen LogP contribution in [-0.2, 0) is 4.79 Å². The van der Waals surface area contributed by atoms with Crippen LogP contribution in [0, 0.1) is 5.92 Å². The second-order valence-electron chi connectivity index (χ2n) is 1.96. The van der Waals surface area contributed by atoms with Crippen molar-refractivity contribution in [2.45, 2.75) is 13.0 Å². The molecule has 0 bridgehead atoms. The molecule has 1 unspecified atom stereocenters. The summed E-state index contributed by atoms with van der Waals surface area (Å²) in [6.45, 7) is 5.13. The molecule has 0 radical (unpaired) electrons. The summed E-state index contributed by atoms with van der Waals surface area (Å²) in [4.78, 5) is 10.1. The Labute approximate surface area is 80.6 Å². The van der Waals surface area contributed by atoms with E-state index in [0.29, 0.717) is 0 Å². The zero-order chi connectivity index (χ0) is 7.44. The molecule has 0 fully saturated rings. The molecule has 2 atom stereocenters. The van der Waals surface area contributed by atoms with Gasteiger partial charge in [0, 0.05) is 0 Å². The number of hydrogen-bond acceptors (Lipinski definition) is 2. The summed E-state index contributed by atoms with van der Waals surface area (Å²) < 4.78 is 0. The van der Waals surface area contributed by atoms with Crippen molar-refractivity contribution in [1.29, 1.82) is 0 Å². The average Bonchev–Trinajstić information content (AvgIpc) is 1.84. The molecule has 3 nitrogen and oxygen atoms in total. The molecule has 0 aromatic carbocycles. The molecular weight excluding hydrogens is 182 g/mol. The second-order valence-corrected chi connectivity index (χ2v) is 1.96. The predicted molar refractivity (Wildman–Crippen MR) is 55.7 cm³/mol. The number of nitrogens with two attached hydrogens (primary N) is 1. The maximum Gasteiger partial charge on any atom is 0.321 e. The fraction of sp³-hybridized carbons (Fsp3) is 0.500. The van der Waals surface area contributed by atoms with E-state index in [0.717, 1.165) is 0 Å². The fourth-order valence-electron chi connectivity index (χ4n) is 0.372. The van der Waals surface area contributed by atoms with Crippen molar-refractivity contribution in [3.63, 3.8) is 0 Å². The monoisotopic (exact) mass is 197 g/mol. The summed E-state index contributed by atoms with van der Waals surface area (Å²) in [5, 5.41) is 8.31. The molecule has 0 aliphatic rings. The van der Waals surface area contributed by atoms with E-state index in [1.165, 1.54) is 6.08 Å². The van der Waals surface area contributed by atoms with Gasteiger partial charge in [-0.1, -0.05) is 13.0 Å². The second kappa shape index (κ2) is 7.97. The molecule has 68 valence electrons. The fourth-order valence-corrected chi connectivity index (χ4v) is 0.372. The molecule has 0 aliphatic carbocycles. The molecular formula is C6H15NO2S2. The minimum atomic E-state index is -0.984. The van der Waals surface area contributed by atoms with Crippen LogP contribution in [0.2, 0.25) is 0 Å². The van der Waals surface area contributed by atoms with Crippen molar-refractivity contribution in [1.82, 2.24) is 0 Å². The Morgan fingerprint density at radius 2 is 2.00 bits per heavy atom. The van der Waals surface area contributed by atoms with Gasteiger partial charge < -0.3 is 10.8 Å². The Morgan fingerprint density at radius 3 is 2.09 bits per heavy atom. The Balaban J connectivity index is -0.000000320. The third-order valence-corrected chi connectivity index (χ3v) is 1.22. The third kappa shape index (κ3) is 6.28. The molecule has 0 rings (SSSR count). The normalized spacial score (nSPS) is 13.3. The number of carboxylic acid groups (broad SMARTS) is 1. The highest BCUT2D eigenvalue weighted by Gasteiger charge is 2.15. The number of carbonyl (C=O) groups is 1. The van der Waals surface area contributed by atoms with Crippen LogP contribution >= 0.6 is 27.0 Å². The first kappa shape index (κ1) is 17.1. The Hall–Kier alpha value is -0.130. The van der Waals surface area contributed by atoms with Gasteiger partial charge >= 0.3 is 5.97 Å². The van der Waals surface area contributed by atoms with Gasteiger partial charge in [0.2, 0.25) is 0 Å². The molecule has 0 amide bonds. The first-order valence-electron chi connectivity index (χ1n) is 2.70. The lowest BCUT2D eigenvalue weighted by Crippen LogP contribution is -2.35. The molecule has 11 heavy (non-hydrogen) atoms. The van der Waals surface area contributed by atoms with Gasteiger partial charge in [-0.2, -0.15) is 27.0 Å². The molecule has 3 N–H and O–H groups in total. The lowest BCUT2D eigenvalue weighted by atomic mass is 10.0. The molecule has 0 saturated heterocycles. The molecule has 0 aliphatic heterocycles. The van der Waals surface area contributed by atoms with E-state index in [1.807, 2.05) is 0 Å². The van der Waals surface area contributed by atoms with Crippen molar-refractivity contribution in [2.24, 2.45) is 11.7 Å². The maximum absolute atomic E-state index is 10.1. The topological polar surface area (TPSA) is 63.3 Å². The standard InChI is InChI=1S/C6H11NO2.2H2S/c1-3-4(2)5(7)6(8)9;;/h3-5H,1,7H2,2H3,(H,8,9);2*1H2/t4?,5-;;/m0../s1. The van der Waals surface area contributed by atoms with E-state index in [1.54, 1.807) is 6.92 Å². The van der Waals surface area contributed by atoms with Gasteiger partial charge in [-0.15, -0.1) is 6.58 Å². The van der Waals surface area contributed by atoms with E-state index in [4.69, 9.17) is 10.8 Å². The minimum Gasteiger partial charge on any atom is -0.480 e. The van der Waals surface area contributed by atoms with Crippen molar-refractivity contribution < 1.29 is 9.90 Å². The number of hydrogen-bond donors (Lipinski definition) is 2. The van der Waals surface area contributed by atoms with E-state index < -0.39 is 12.0 Å². The minimum absolute atomic E-state index is 0. The molecule has 0 aromatic rings. The Morgan fingerprint density at radius 1 is 1.64 bits per heavy atom. The van der Waals surface area contributed by atoms with E-state index >= 15 is 0 Å². The smallest absolute Gasteiger partial charge is 0.321 e. The van der Waals surface area contributed by atoms with Crippen LogP contribution in [0.3, 0.4) is 0 Å². The van der Waals surface area contributed by atoms with E-state index in [-0.39, 0.29) is 32.9 Å². The Kier molecular flexibility index (Phi) is 12.4. The van der Waals surface area contributed by atoms with Crippen LogP contribution in [0.4, 0.5) is 0 Å². The predicted octanol–water partition coefficient (Wildman–Crippen LogP) is 0.446. The van der Waals surface area contributed by atoms with Crippen LogP contribution in [-0.4, -0.2) is 17.1 Å². The van der Waals surface area contributed by atoms with Crippen LogP contribution < -0.4 is 5.73 Å². The van der Waals surface area contributed by atoms with Crippen LogP contribution in [0.5, 0.6) is 0 Å². The first-order valence-corrected chi connectivity index (χ1v) is 2.70. The van der Waals surface area contributed by atoms with E-state index in [2.05, 4.69) is 6.58 Å². The van der Waals surface area contributed by atoms with E-state index in [9.17, 15) is 4.79 Å². The highest BCUT2D eigenvalue weighted by Crippen LogP contribution is 1.99. The van der Waals surface area contributed by atoms with Gasteiger partial charge in [0.1, 0.15) is 6.04 Å². The van der Waals surface area contributed by atoms with Crippen molar-refractivity contribution >= 4 is 33.0 Å². The molecule has 5 heteroatoms. The molecule has 0 spiro atoms. The molecule has 0 aromatic heterocycles. The number of carboxylic acids is 1. The lowest BCUT2D eigenvalue weighted by Gasteiger charge is -2.09. The summed E-state index contributed by atoms with van der Waals surface area (Å²) in [5.74, 6) is -1.15. The zero-order valence-electron chi connectivity index (χ0n) is 6.37. The maximum atomic E-state index is 10.1. The molecule has 0 saturated carbocycles. The third-order valence-electron chi connectivity index (χ3n) is 1.22. The van der Waals surface area contributed by atoms with Crippen molar-refractivity contribution in [3.05, 3.63) is 12.7 Å². The zero-order valence-corrected chi connectivity index (χ0v) is 8.37. The highest BCUT2D eigenvalue weighted by molar-refractivity contribution is 7.59.